The summed E-state index contributed by atoms with van der Waals surface area (Å²) in [5.74, 6) is 1.17. The van der Waals surface area contributed by atoms with Crippen LogP contribution in [0.4, 0.5) is 11.5 Å². The maximum absolute atomic E-state index is 6.27. The third-order valence-electron chi connectivity index (χ3n) is 4.09. The zero-order valence-electron chi connectivity index (χ0n) is 14.2. The molecule has 1 heterocycles. The highest BCUT2D eigenvalue weighted by Crippen LogP contribution is 2.30. The lowest BCUT2D eigenvalue weighted by Crippen LogP contribution is -2.32. The second-order valence-corrected chi connectivity index (χ2v) is 5.77. The predicted octanol–water partition coefficient (Wildman–Crippen LogP) is 1.87. The molecule has 0 bridgehead atoms. The molecule has 2 N–H and O–H groups in total. The van der Waals surface area contributed by atoms with Crippen molar-refractivity contribution in [1.82, 2.24) is 9.97 Å². The fourth-order valence-corrected chi connectivity index (χ4v) is 2.78. The summed E-state index contributed by atoms with van der Waals surface area (Å²) in [6, 6.07) is 0. The molecule has 1 aromatic rings. The van der Waals surface area contributed by atoms with Crippen LogP contribution in [-0.4, -0.2) is 56.6 Å². The van der Waals surface area contributed by atoms with E-state index in [4.69, 9.17) is 19.9 Å². The van der Waals surface area contributed by atoms with Crippen LogP contribution < -0.4 is 15.4 Å². The Hall–Kier alpha value is -1.60. The minimum absolute atomic E-state index is 0.209. The Morgan fingerprint density at radius 1 is 1.09 bits per heavy atom. The Labute approximate surface area is 138 Å². The summed E-state index contributed by atoms with van der Waals surface area (Å²) in [5.41, 5.74) is 6.76. The highest BCUT2D eigenvalue weighted by molar-refractivity contribution is 5.67. The van der Waals surface area contributed by atoms with Gasteiger partial charge in [-0.15, -0.1) is 0 Å². The zero-order valence-corrected chi connectivity index (χ0v) is 14.2. The number of hydrogen-bond donors (Lipinski definition) is 1. The normalized spacial score (nSPS) is 15.6. The first-order valence-corrected chi connectivity index (χ1v) is 8.26. The first-order valence-electron chi connectivity index (χ1n) is 8.26. The Morgan fingerprint density at radius 3 is 2.35 bits per heavy atom. The molecule has 23 heavy (non-hydrogen) atoms. The number of nitrogens with two attached hydrogens (primary N) is 1. The van der Waals surface area contributed by atoms with Gasteiger partial charge in [-0.2, -0.15) is 4.98 Å². The predicted molar refractivity (Wildman–Crippen MR) is 89.9 cm³/mol. The van der Waals surface area contributed by atoms with Gasteiger partial charge in [-0.05, 0) is 25.7 Å². The monoisotopic (exact) mass is 324 g/mol. The van der Waals surface area contributed by atoms with Gasteiger partial charge < -0.3 is 24.8 Å². The lowest BCUT2D eigenvalue weighted by Gasteiger charge is -2.26. The van der Waals surface area contributed by atoms with Gasteiger partial charge in [0.15, 0.2) is 5.82 Å². The quantitative estimate of drug-likeness (QED) is 0.742. The van der Waals surface area contributed by atoms with Crippen LogP contribution in [0.3, 0.4) is 0 Å². The van der Waals surface area contributed by atoms with Crippen molar-refractivity contribution in [2.75, 3.05) is 51.2 Å². The highest BCUT2D eigenvalue weighted by Gasteiger charge is 2.20. The summed E-state index contributed by atoms with van der Waals surface area (Å²) >= 11 is 0. The highest BCUT2D eigenvalue weighted by atomic mass is 16.5. The standard InChI is InChI=1S/C16H28N4O3/c1-21-10-8-20(9-11-22-2)15-14(17)16(19-12-18-15)23-13-6-4-3-5-7-13/h12-13H,3-11,17H2,1-2H3. The van der Waals surface area contributed by atoms with Crippen molar-refractivity contribution < 1.29 is 14.2 Å². The molecule has 1 aliphatic carbocycles. The van der Waals surface area contributed by atoms with Crippen LogP contribution in [0.5, 0.6) is 5.88 Å². The van der Waals surface area contributed by atoms with E-state index in [1.165, 1.54) is 25.6 Å². The van der Waals surface area contributed by atoms with E-state index in [2.05, 4.69) is 9.97 Å². The molecule has 0 radical (unpaired) electrons. The summed E-state index contributed by atoms with van der Waals surface area (Å²) in [7, 11) is 3.35. The second-order valence-electron chi connectivity index (χ2n) is 5.77. The van der Waals surface area contributed by atoms with E-state index in [9.17, 15) is 0 Å². The Kier molecular flexibility index (Phi) is 7.35. The molecule has 0 saturated heterocycles. The van der Waals surface area contributed by atoms with Crippen molar-refractivity contribution in [3.05, 3.63) is 6.33 Å². The van der Waals surface area contributed by atoms with Crippen molar-refractivity contribution in [2.45, 2.75) is 38.2 Å². The summed E-state index contributed by atoms with van der Waals surface area (Å²) in [6.07, 6.45) is 7.54. The Balaban J connectivity index is 2.11. The fraction of sp³-hybridized carbons (Fsp3) is 0.750. The van der Waals surface area contributed by atoms with Gasteiger partial charge in [0.05, 0.1) is 13.2 Å². The average Bonchev–Trinajstić information content (AvgIpc) is 2.58. The second kappa shape index (κ2) is 9.52. The van der Waals surface area contributed by atoms with Crippen LogP contribution >= 0.6 is 0 Å². The maximum Gasteiger partial charge on any atom is 0.242 e. The molecule has 0 aromatic carbocycles. The molecule has 0 unspecified atom stereocenters. The van der Waals surface area contributed by atoms with Crippen molar-refractivity contribution >= 4 is 11.5 Å². The van der Waals surface area contributed by atoms with E-state index >= 15 is 0 Å². The van der Waals surface area contributed by atoms with Crippen LogP contribution in [0.1, 0.15) is 32.1 Å². The van der Waals surface area contributed by atoms with Gasteiger partial charge in [0.25, 0.3) is 0 Å². The van der Waals surface area contributed by atoms with E-state index in [0.29, 0.717) is 43.7 Å². The number of ether oxygens (including phenoxy) is 3. The molecular formula is C16H28N4O3. The van der Waals surface area contributed by atoms with E-state index < -0.39 is 0 Å². The summed E-state index contributed by atoms with van der Waals surface area (Å²) in [6.45, 7) is 2.55. The van der Waals surface area contributed by atoms with Crippen molar-refractivity contribution in [3.63, 3.8) is 0 Å². The van der Waals surface area contributed by atoms with Gasteiger partial charge in [0.2, 0.25) is 5.88 Å². The molecule has 0 amide bonds. The van der Waals surface area contributed by atoms with Gasteiger partial charge in [-0.3, -0.25) is 0 Å². The number of nitrogen functional groups attached to an aromatic ring is 1. The maximum atomic E-state index is 6.27. The Morgan fingerprint density at radius 2 is 1.74 bits per heavy atom. The lowest BCUT2D eigenvalue weighted by atomic mass is 9.98. The van der Waals surface area contributed by atoms with E-state index in [0.717, 1.165) is 12.8 Å². The topological polar surface area (TPSA) is 82.7 Å². The molecule has 0 atom stereocenters. The van der Waals surface area contributed by atoms with Gasteiger partial charge in [0.1, 0.15) is 18.1 Å². The van der Waals surface area contributed by atoms with Crippen molar-refractivity contribution in [3.8, 4) is 5.88 Å². The third kappa shape index (κ3) is 5.21. The molecule has 1 saturated carbocycles. The van der Waals surface area contributed by atoms with Crippen LogP contribution in [0.2, 0.25) is 0 Å². The molecule has 7 nitrogen and oxygen atoms in total. The molecule has 130 valence electrons. The molecule has 1 fully saturated rings. The molecule has 0 aliphatic heterocycles. The third-order valence-corrected chi connectivity index (χ3v) is 4.09. The molecule has 0 spiro atoms. The smallest absolute Gasteiger partial charge is 0.242 e. The lowest BCUT2D eigenvalue weighted by molar-refractivity contribution is 0.149. The summed E-state index contributed by atoms with van der Waals surface area (Å²) in [4.78, 5) is 10.6. The SMILES string of the molecule is COCCN(CCOC)c1ncnc(OC2CCCCC2)c1N. The number of aromatic nitrogens is 2. The number of methoxy groups -OCH3 is 2. The average molecular weight is 324 g/mol. The summed E-state index contributed by atoms with van der Waals surface area (Å²) in [5, 5.41) is 0. The van der Waals surface area contributed by atoms with Crippen molar-refractivity contribution in [2.24, 2.45) is 0 Å². The van der Waals surface area contributed by atoms with E-state index in [-0.39, 0.29) is 6.10 Å². The molecule has 1 aromatic heterocycles. The van der Waals surface area contributed by atoms with Crippen LogP contribution in [0.15, 0.2) is 6.33 Å². The minimum Gasteiger partial charge on any atom is -0.473 e. The molecule has 7 heteroatoms. The van der Waals surface area contributed by atoms with Crippen LogP contribution in [0, 0.1) is 0 Å². The van der Waals surface area contributed by atoms with Gasteiger partial charge >= 0.3 is 0 Å². The van der Waals surface area contributed by atoms with E-state index in [1.807, 2.05) is 4.90 Å². The first-order chi connectivity index (χ1) is 11.3. The molecule has 1 aliphatic rings. The van der Waals surface area contributed by atoms with Gasteiger partial charge in [-0.25, -0.2) is 4.98 Å². The number of anilines is 2. The van der Waals surface area contributed by atoms with Crippen LogP contribution in [-0.2, 0) is 9.47 Å². The molecular weight excluding hydrogens is 296 g/mol. The zero-order chi connectivity index (χ0) is 16.5. The minimum atomic E-state index is 0.209. The Bertz CT molecular complexity index is 459. The van der Waals surface area contributed by atoms with Crippen LogP contribution in [0.25, 0.3) is 0 Å². The number of hydrogen-bond acceptors (Lipinski definition) is 7. The van der Waals surface area contributed by atoms with Gasteiger partial charge in [0, 0.05) is 27.3 Å². The first kappa shape index (κ1) is 17.7. The fourth-order valence-electron chi connectivity index (χ4n) is 2.78. The van der Waals surface area contributed by atoms with Gasteiger partial charge in [-0.1, -0.05) is 6.42 Å². The largest absolute Gasteiger partial charge is 0.473 e. The number of nitrogens with zero attached hydrogens (tertiary/aromatic N) is 3. The van der Waals surface area contributed by atoms with Crippen molar-refractivity contribution in [1.29, 1.82) is 0 Å². The van der Waals surface area contributed by atoms with E-state index in [1.54, 1.807) is 14.2 Å². The molecule has 2 rings (SSSR count). The number of rotatable bonds is 9. The summed E-state index contributed by atoms with van der Waals surface area (Å²) < 4.78 is 16.4.